The molecule has 1 aromatic heterocycles. The molecule has 0 saturated heterocycles. The normalized spacial score (nSPS) is 13.8. The fourth-order valence-corrected chi connectivity index (χ4v) is 1.71. The van der Waals surface area contributed by atoms with Gasteiger partial charge in [0.05, 0.1) is 4.92 Å². The van der Waals surface area contributed by atoms with Crippen molar-refractivity contribution in [2.45, 2.75) is 19.3 Å². The Morgan fingerprint density at radius 2 is 2.35 bits per heavy atom. The zero-order chi connectivity index (χ0) is 14.4. The number of nitro groups is 1. The molecule has 2 rings (SSSR count). The molecule has 1 aliphatic carbocycles. The Labute approximate surface area is 116 Å². The van der Waals surface area contributed by atoms with E-state index in [2.05, 4.69) is 10.3 Å². The van der Waals surface area contributed by atoms with Gasteiger partial charge in [-0.15, -0.1) is 0 Å². The lowest BCUT2D eigenvalue weighted by Crippen LogP contribution is -2.08. The second-order valence-corrected chi connectivity index (χ2v) is 4.73. The van der Waals surface area contributed by atoms with Crippen LogP contribution in [-0.4, -0.2) is 29.7 Å². The minimum absolute atomic E-state index is 0.176. The van der Waals surface area contributed by atoms with Gasteiger partial charge in [-0.05, 0) is 31.2 Å². The average molecular weight is 276 g/mol. The van der Waals surface area contributed by atoms with E-state index in [1.165, 1.54) is 25.0 Å². The van der Waals surface area contributed by atoms with Crippen molar-refractivity contribution >= 4 is 11.5 Å². The van der Waals surface area contributed by atoms with Crippen LogP contribution in [0.4, 0.5) is 11.5 Å². The molecule has 0 aliphatic heterocycles. The molecule has 1 aromatic rings. The Kier molecular flexibility index (Phi) is 4.85. The number of hydrogen-bond donors (Lipinski definition) is 1. The highest BCUT2D eigenvalue weighted by Crippen LogP contribution is 2.28. The van der Waals surface area contributed by atoms with Gasteiger partial charge in [-0.1, -0.05) is 0 Å². The zero-order valence-corrected chi connectivity index (χ0v) is 11.0. The molecule has 0 radical (unpaired) electrons. The second kappa shape index (κ2) is 6.82. The molecule has 0 amide bonds. The van der Waals surface area contributed by atoms with Crippen LogP contribution in [0, 0.1) is 27.4 Å². The molecule has 0 unspecified atom stereocenters. The molecule has 20 heavy (non-hydrogen) atoms. The quantitative estimate of drug-likeness (QED) is 0.443. The van der Waals surface area contributed by atoms with Crippen LogP contribution in [0.15, 0.2) is 12.1 Å². The lowest BCUT2D eigenvalue weighted by Gasteiger charge is -2.06. The first-order valence-corrected chi connectivity index (χ1v) is 6.58. The summed E-state index contributed by atoms with van der Waals surface area (Å²) in [5.41, 5.74) is -0.448. The molecule has 0 spiro atoms. The summed E-state index contributed by atoms with van der Waals surface area (Å²) in [4.78, 5) is 14.0. The molecular formula is C13H16N4O3. The van der Waals surface area contributed by atoms with Crippen molar-refractivity contribution in [3.05, 3.63) is 27.9 Å². The van der Waals surface area contributed by atoms with E-state index in [1.54, 1.807) is 6.07 Å². The third kappa shape index (κ3) is 4.17. The summed E-state index contributed by atoms with van der Waals surface area (Å²) in [6.07, 6.45) is 3.39. The number of nitrogens with one attached hydrogen (secondary N) is 1. The van der Waals surface area contributed by atoms with E-state index in [0.29, 0.717) is 19.0 Å². The molecule has 106 valence electrons. The summed E-state index contributed by atoms with van der Waals surface area (Å²) in [5.74, 6) is 1.23. The van der Waals surface area contributed by atoms with Crippen LogP contribution < -0.4 is 5.32 Å². The molecular weight excluding hydrogens is 260 g/mol. The lowest BCUT2D eigenvalue weighted by atomic mass is 10.3. The van der Waals surface area contributed by atoms with Gasteiger partial charge in [-0.3, -0.25) is 10.1 Å². The predicted octanol–water partition coefficient (Wildman–Crippen LogP) is 2.09. The minimum Gasteiger partial charge on any atom is -0.381 e. The van der Waals surface area contributed by atoms with Crippen LogP contribution in [0.3, 0.4) is 0 Å². The highest BCUT2D eigenvalue weighted by molar-refractivity contribution is 5.50. The van der Waals surface area contributed by atoms with Crippen molar-refractivity contribution in [2.75, 3.05) is 25.1 Å². The van der Waals surface area contributed by atoms with Crippen molar-refractivity contribution in [3.63, 3.8) is 0 Å². The van der Waals surface area contributed by atoms with Gasteiger partial charge in [-0.25, -0.2) is 4.98 Å². The Bertz CT molecular complexity index is 523. The van der Waals surface area contributed by atoms with E-state index in [9.17, 15) is 10.1 Å². The van der Waals surface area contributed by atoms with Crippen molar-refractivity contribution in [1.29, 1.82) is 5.26 Å². The van der Waals surface area contributed by atoms with Crippen LogP contribution in [0.5, 0.6) is 0 Å². The third-order valence-electron chi connectivity index (χ3n) is 3.00. The van der Waals surface area contributed by atoms with Gasteiger partial charge in [0, 0.05) is 25.8 Å². The Morgan fingerprint density at radius 3 is 3.00 bits per heavy atom. The molecule has 7 nitrogen and oxygen atoms in total. The third-order valence-corrected chi connectivity index (χ3v) is 3.00. The molecule has 0 atom stereocenters. The highest BCUT2D eigenvalue weighted by Gasteiger charge is 2.20. The monoisotopic (exact) mass is 276 g/mol. The Hall–Kier alpha value is -2.20. The number of anilines is 1. The number of ether oxygens (including phenoxy) is 1. The van der Waals surface area contributed by atoms with Gasteiger partial charge in [0.15, 0.2) is 0 Å². The summed E-state index contributed by atoms with van der Waals surface area (Å²) in [5, 5.41) is 22.5. The number of nitriles is 1. The molecule has 7 heteroatoms. The minimum atomic E-state index is -0.610. The Balaban J connectivity index is 1.74. The molecule has 0 bridgehead atoms. The van der Waals surface area contributed by atoms with Gasteiger partial charge >= 0.3 is 5.69 Å². The van der Waals surface area contributed by atoms with Crippen molar-refractivity contribution in [1.82, 2.24) is 4.98 Å². The maximum Gasteiger partial charge on any atom is 0.305 e. The fraction of sp³-hybridized carbons (Fsp3) is 0.538. The lowest BCUT2D eigenvalue weighted by molar-refractivity contribution is -0.385. The topological polar surface area (TPSA) is 101 Å². The summed E-state index contributed by atoms with van der Waals surface area (Å²) in [6.45, 7) is 2.18. The molecule has 1 fully saturated rings. The van der Waals surface area contributed by atoms with Gasteiger partial charge in [0.25, 0.3) is 0 Å². The van der Waals surface area contributed by atoms with Crippen molar-refractivity contribution in [3.8, 4) is 6.07 Å². The van der Waals surface area contributed by atoms with Crippen molar-refractivity contribution in [2.24, 2.45) is 5.92 Å². The van der Waals surface area contributed by atoms with Gasteiger partial charge < -0.3 is 10.1 Å². The van der Waals surface area contributed by atoms with E-state index >= 15 is 0 Å². The number of hydrogen-bond acceptors (Lipinski definition) is 6. The number of rotatable bonds is 8. The summed E-state index contributed by atoms with van der Waals surface area (Å²) in [6, 6.07) is 4.52. The molecule has 1 heterocycles. The predicted molar refractivity (Wildman–Crippen MR) is 72.3 cm³/mol. The molecule has 1 aliphatic rings. The zero-order valence-electron chi connectivity index (χ0n) is 11.0. The van der Waals surface area contributed by atoms with Crippen LogP contribution in [0.1, 0.15) is 25.0 Å². The van der Waals surface area contributed by atoms with Crippen LogP contribution in [0.25, 0.3) is 0 Å². The fourth-order valence-electron chi connectivity index (χ4n) is 1.71. The summed E-state index contributed by atoms with van der Waals surface area (Å²) in [7, 11) is 0. The first-order chi connectivity index (χ1) is 9.70. The van der Waals surface area contributed by atoms with Crippen LogP contribution >= 0.6 is 0 Å². The summed E-state index contributed by atoms with van der Waals surface area (Å²) < 4.78 is 5.49. The van der Waals surface area contributed by atoms with Gasteiger partial charge in [0.1, 0.15) is 11.9 Å². The maximum absolute atomic E-state index is 10.7. The molecule has 1 N–H and O–H groups in total. The summed E-state index contributed by atoms with van der Waals surface area (Å²) >= 11 is 0. The standard InChI is InChI=1S/C13H16N4O3/c14-8-11-12(17(18)19)4-5-13(16-11)15-6-1-7-20-9-10-2-3-10/h4-5,10H,1-3,6-7,9H2,(H,15,16). The number of nitrogens with zero attached hydrogens (tertiary/aromatic N) is 3. The van der Waals surface area contributed by atoms with E-state index < -0.39 is 4.92 Å². The first-order valence-electron chi connectivity index (χ1n) is 6.58. The van der Waals surface area contributed by atoms with Gasteiger partial charge in [-0.2, -0.15) is 5.26 Å². The van der Waals surface area contributed by atoms with Crippen LogP contribution in [-0.2, 0) is 4.74 Å². The number of pyridine rings is 1. The smallest absolute Gasteiger partial charge is 0.305 e. The van der Waals surface area contributed by atoms with E-state index in [0.717, 1.165) is 18.9 Å². The van der Waals surface area contributed by atoms with Crippen molar-refractivity contribution < 1.29 is 9.66 Å². The maximum atomic E-state index is 10.7. The van der Waals surface area contributed by atoms with E-state index in [-0.39, 0.29) is 11.4 Å². The second-order valence-electron chi connectivity index (χ2n) is 4.73. The van der Waals surface area contributed by atoms with E-state index in [4.69, 9.17) is 10.00 Å². The SMILES string of the molecule is N#Cc1nc(NCCCOCC2CC2)ccc1[N+](=O)[O-]. The first kappa shape index (κ1) is 14.2. The number of aromatic nitrogens is 1. The molecule has 0 aromatic carbocycles. The average Bonchev–Trinajstić information content (AvgIpc) is 3.26. The molecule has 1 saturated carbocycles. The largest absolute Gasteiger partial charge is 0.381 e. The van der Waals surface area contributed by atoms with Crippen LogP contribution in [0.2, 0.25) is 0 Å². The van der Waals surface area contributed by atoms with E-state index in [1.807, 2.05) is 0 Å². The highest BCUT2D eigenvalue weighted by atomic mass is 16.6. The Morgan fingerprint density at radius 1 is 1.55 bits per heavy atom. The van der Waals surface area contributed by atoms with Gasteiger partial charge in [0.2, 0.25) is 5.69 Å².